The van der Waals surface area contributed by atoms with Crippen molar-refractivity contribution >= 4 is 16.9 Å². The van der Waals surface area contributed by atoms with Gasteiger partial charge in [0.15, 0.2) is 0 Å². The number of benzene rings is 1. The van der Waals surface area contributed by atoms with Crippen molar-refractivity contribution in [3.63, 3.8) is 0 Å². The number of carboxylic acids is 1. The van der Waals surface area contributed by atoms with Crippen LogP contribution in [0.5, 0.6) is 5.75 Å². The standard InChI is InChI=1S/C15H17NO3/c1-8(2)14-9(3)13(15(17)18)11-7-10(19-4)5-6-12(11)16-14/h5-8H,1-4H3,(H,17,18). The molecule has 1 aromatic heterocycles. The summed E-state index contributed by atoms with van der Waals surface area (Å²) in [7, 11) is 1.56. The molecule has 0 amide bonds. The average molecular weight is 259 g/mol. The highest BCUT2D eigenvalue weighted by Crippen LogP contribution is 2.29. The lowest BCUT2D eigenvalue weighted by Crippen LogP contribution is -2.08. The Labute approximate surface area is 112 Å². The topological polar surface area (TPSA) is 59.4 Å². The highest BCUT2D eigenvalue weighted by molar-refractivity contribution is 6.04. The number of hydrogen-bond donors (Lipinski definition) is 1. The number of ether oxygens (including phenoxy) is 1. The summed E-state index contributed by atoms with van der Waals surface area (Å²) in [6, 6.07) is 5.31. The van der Waals surface area contributed by atoms with E-state index in [1.165, 1.54) is 0 Å². The molecule has 0 bridgehead atoms. The summed E-state index contributed by atoms with van der Waals surface area (Å²) < 4.78 is 5.15. The molecule has 0 saturated carbocycles. The second-order valence-corrected chi connectivity index (χ2v) is 4.84. The van der Waals surface area contributed by atoms with Crippen LogP contribution in [0.3, 0.4) is 0 Å². The minimum atomic E-state index is -0.931. The quantitative estimate of drug-likeness (QED) is 0.918. The average Bonchev–Trinajstić information content (AvgIpc) is 2.36. The molecule has 100 valence electrons. The van der Waals surface area contributed by atoms with E-state index in [0.717, 1.165) is 11.3 Å². The molecule has 0 aliphatic carbocycles. The van der Waals surface area contributed by atoms with Crippen LogP contribution in [0.1, 0.15) is 41.4 Å². The lowest BCUT2D eigenvalue weighted by atomic mass is 9.96. The van der Waals surface area contributed by atoms with E-state index in [4.69, 9.17) is 4.74 Å². The Kier molecular flexibility index (Phi) is 3.42. The molecule has 0 spiro atoms. The molecule has 2 rings (SSSR count). The van der Waals surface area contributed by atoms with Gasteiger partial charge in [-0.15, -0.1) is 0 Å². The van der Waals surface area contributed by atoms with E-state index < -0.39 is 5.97 Å². The molecule has 1 N–H and O–H groups in total. The molecule has 4 nitrogen and oxygen atoms in total. The minimum absolute atomic E-state index is 0.185. The van der Waals surface area contributed by atoms with Crippen molar-refractivity contribution in [2.45, 2.75) is 26.7 Å². The first-order valence-corrected chi connectivity index (χ1v) is 6.17. The maximum atomic E-state index is 11.5. The van der Waals surface area contributed by atoms with Crippen LogP contribution in [-0.4, -0.2) is 23.2 Å². The Bertz CT molecular complexity index is 647. The number of pyridine rings is 1. The molecule has 0 saturated heterocycles. The fourth-order valence-corrected chi connectivity index (χ4v) is 2.32. The van der Waals surface area contributed by atoms with Gasteiger partial charge in [0.25, 0.3) is 0 Å². The van der Waals surface area contributed by atoms with Gasteiger partial charge in [0.1, 0.15) is 5.75 Å². The monoisotopic (exact) mass is 259 g/mol. The molecular formula is C15H17NO3. The molecule has 2 aromatic rings. The molecule has 0 radical (unpaired) electrons. The number of aromatic nitrogens is 1. The van der Waals surface area contributed by atoms with Crippen LogP contribution in [0.4, 0.5) is 0 Å². The zero-order valence-electron chi connectivity index (χ0n) is 11.5. The van der Waals surface area contributed by atoms with E-state index in [9.17, 15) is 9.90 Å². The number of aromatic carboxylic acids is 1. The molecule has 4 heteroatoms. The van der Waals surface area contributed by atoms with Crippen LogP contribution < -0.4 is 4.74 Å². The zero-order valence-corrected chi connectivity index (χ0v) is 11.5. The number of hydrogen-bond acceptors (Lipinski definition) is 3. The van der Waals surface area contributed by atoms with E-state index in [1.54, 1.807) is 25.3 Å². The minimum Gasteiger partial charge on any atom is -0.497 e. The van der Waals surface area contributed by atoms with Crippen molar-refractivity contribution in [1.29, 1.82) is 0 Å². The van der Waals surface area contributed by atoms with Gasteiger partial charge < -0.3 is 9.84 Å². The van der Waals surface area contributed by atoms with Crippen LogP contribution >= 0.6 is 0 Å². The van der Waals surface area contributed by atoms with E-state index >= 15 is 0 Å². The van der Waals surface area contributed by atoms with Gasteiger partial charge in [-0.1, -0.05) is 13.8 Å². The third kappa shape index (κ3) is 2.26. The van der Waals surface area contributed by atoms with Crippen LogP contribution in [0, 0.1) is 6.92 Å². The lowest BCUT2D eigenvalue weighted by Gasteiger charge is -2.14. The van der Waals surface area contributed by atoms with Crippen molar-refractivity contribution in [2.24, 2.45) is 0 Å². The molecule has 0 unspecified atom stereocenters. The molecule has 1 aromatic carbocycles. The van der Waals surface area contributed by atoms with Crippen molar-refractivity contribution in [1.82, 2.24) is 4.98 Å². The molecular weight excluding hydrogens is 242 g/mol. The number of carbonyl (C=O) groups is 1. The van der Waals surface area contributed by atoms with Gasteiger partial charge in [-0.2, -0.15) is 0 Å². The number of nitrogens with zero attached hydrogens (tertiary/aromatic N) is 1. The van der Waals surface area contributed by atoms with Gasteiger partial charge in [0.2, 0.25) is 0 Å². The molecule has 1 heterocycles. The van der Waals surface area contributed by atoms with Gasteiger partial charge in [0, 0.05) is 11.1 Å². The maximum absolute atomic E-state index is 11.5. The van der Waals surface area contributed by atoms with E-state index in [1.807, 2.05) is 20.8 Å². The molecule has 0 atom stereocenters. The third-order valence-electron chi connectivity index (χ3n) is 3.23. The Morgan fingerprint density at radius 3 is 2.58 bits per heavy atom. The number of carboxylic acid groups (broad SMARTS) is 1. The number of rotatable bonds is 3. The van der Waals surface area contributed by atoms with E-state index in [2.05, 4.69) is 4.98 Å². The third-order valence-corrected chi connectivity index (χ3v) is 3.23. The van der Waals surface area contributed by atoms with Crippen LogP contribution in [-0.2, 0) is 0 Å². The fraction of sp³-hybridized carbons (Fsp3) is 0.333. The smallest absolute Gasteiger partial charge is 0.336 e. The molecule has 0 fully saturated rings. The van der Waals surface area contributed by atoms with Gasteiger partial charge in [-0.3, -0.25) is 4.98 Å². The number of methoxy groups -OCH3 is 1. The molecule has 19 heavy (non-hydrogen) atoms. The molecule has 0 aliphatic rings. The summed E-state index contributed by atoms with van der Waals surface area (Å²) in [5.41, 5.74) is 2.55. The fourth-order valence-electron chi connectivity index (χ4n) is 2.32. The second kappa shape index (κ2) is 4.88. The number of fused-ring (bicyclic) bond motifs is 1. The second-order valence-electron chi connectivity index (χ2n) is 4.84. The summed E-state index contributed by atoms with van der Waals surface area (Å²) in [5.74, 6) is -0.113. The Morgan fingerprint density at radius 2 is 2.05 bits per heavy atom. The van der Waals surface area contributed by atoms with Gasteiger partial charge in [-0.05, 0) is 36.6 Å². The van der Waals surface area contributed by atoms with Crippen LogP contribution in [0.2, 0.25) is 0 Å². The van der Waals surface area contributed by atoms with Gasteiger partial charge in [-0.25, -0.2) is 4.79 Å². The van der Waals surface area contributed by atoms with E-state index in [-0.39, 0.29) is 5.92 Å². The Balaban J connectivity index is 2.88. The zero-order chi connectivity index (χ0) is 14.2. The SMILES string of the molecule is COc1ccc2nc(C(C)C)c(C)c(C(=O)O)c2c1. The lowest BCUT2D eigenvalue weighted by molar-refractivity contribution is 0.0698. The predicted octanol–water partition coefficient (Wildman–Crippen LogP) is 3.37. The van der Waals surface area contributed by atoms with Crippen molar-refractivity contribution < 1.29 is 14.6 Å². The van der Waals surface area contributed by atoms with Crippen LogP contribution in [0.15, 0.2) is 18.2 Å². The normalized spacial score (nSPS) is 11.0. The van der Waals surface area contributed by atoms with Crippen molar-refractivity contribution in [2.75, 3.05) is 7.11 Å². The van der Waals surface area contributed by atoms with Crippen LogP contribution in [0.25, 0.3) is 10.9 Å². The summed E-state index contributed by atoms with van der Waals surface area (Å²) >= 11 is 0. The van der Waals surface area contributed by atoms with Crippen molar-refractivity contribution in [3.8, 4) is 5.75 Å². The summed E-state index contributed by atoms with van der Waals surface area (Å²) in [6.45, 7) is 5.83. The predicted molar refractivity (Wildman–Crippen MR) is 74.1 cm³/mol. The highest BCUT2D eigenvalue weighted by Gasteiger charge is 2.19. The summed E-state index contributed by atoms with van der Waals surface area (Å²) in [4.78, 5) is 16.1. The van der Waals surface area contributed by atoms with E-state index in [0.29, 0.717) is 22.2 Å². The van der Waals surface area contributed by atoms with Crippen molar-refractivity contribution in [3.05, 3.63) is 35.0 Å². The highest BCUT2D eigenvalue weighted by atomic mass is 16.5. The molecule has 0 aliphatic heterocycles. The largest absolute Gasteiger partial charge is 0.497 e. The first-order valence-electron chi connectivity index (χ1n) is 6.17. The maximum Gasteiger partial charge on any atom is 0.336 e. The van der Waals surface area contributed by atoms with Gasteiger partial charge >= 0.3 is 5.97 Å². The van der Waals surface area contributed by atoms with Gasteiger partial charge in [0.05, 0.1) is 18.2 Å². The Hall–Kier alpha value is -2.10. The first-order chi connectivity index (χ1) is 8.95. The first kappa shape index (κ1) is 13.3. The summed E-state index contributed by atoms with van der Waals surface area (Å²) in [5, 5.41) is 10.1. The Morgan fingerprint density at radius 1 is 1.37 bits per heavy atom. The summed E-state index contributed by atoms with van der Waals surface area (Å²) in [6.07, 6.45) is 0.